The molecule has 3 rings (SSSR count). The third-order valence-corrected chi connectivity index (χ3v) is 6.23. The number of rotatable bonds is 7. The van der Waals surface area contributed by atoms with E-state index in [1.165, 1.54) is 28.7 Å². The van der Waals surface area contributed by atoms with Crippen molar-refractivity contribution in [1.82, 2.24) is 19.7 Å². The van der Waals surface area contributed by atoms with Crippen molar-refractivity contribution in [3.63, 3.8) is 0 Å². The molecule has 7 nitrogen and oxygen atoms in total. The minimum atomic E-state index is -0.116. The molecule has 0 radical (unpaired) electrons. The Morgan fingerprint density at radius 1 is 1.25 bits per heavy atom. The predicted molar refractivity (Wildman–Crippen MR) is 112 cm³/mol. The van der Waals surface area contributed by atoms with Gasteiger partial charge in [0.2, 0.25) is 5.91 Å². The Balaban J connectivity index is 1.54. The number of benzene rings is 1. The molecular weight excluding hydrogens is 394 g/mol. The summed E-state index contributed by atoms with van der Waals surface area (Å²) in [5.41, 5.74) is 3.22. The van der Waals surface area contributed by atoms with Crippen LogP contribution in [0.25, 0.3) is 0 Å². The molecule has 0 saturated heterocycles. The summed E-state index contributed by atoms with van der Waals surface area (Å²) in [5, 5.41) is 12.5. The van der Waals surface area contributed by atoms with Crippen LogP contribution in [0.4, 0.5) is 5.13 Å². The summed E-state index contributed by atoms with van der Waals surface area (Å²) in [4.78, 5) is 17.6. The number of thioether (sulfide) groups is 1. The largest absolute Gasteiger partial charge is 0.485 e. The van der Waals surface area contributed by atoms with Crippen LogP contribution in [-0.4, -0.2) is 31.4 Å². The number of carbonyl (C=O) groups is 1. The lowest BCUT2D eigenvalue weighted by Crippen LogP contribution is -2.14. The van der Waals surface area contributed by atoms with E-state index in [0.717, 1.165) is 21.9 Å². The highest BCUT2D eigenvalue weighted by molar-refractivity contribution is 7.99. The van der Waals surface area contributed by atoms with Gasteiger partial charge in [0.1, 0.15) is 12.4 Å². The standard InChI is InChI=1S/C19H23N5O2S2/c1-11-6-7-15(12(2)8-11)26-9-16-22-23-19(24(16)5)27-10-17(25)21-18-20-13(3)14(4)28-18/h6-8H,9-10H2,1-5H3,(H,20,21,25). The van der Waals surface area contributed by atoms with E-state index in [1.54, 1.807) is 0 Å². The number of ether oxygens (including phenoxy) is 1. The summed E-state index contributed by atoms with van der Waals surface area (Å²) in [6, 6.07) is 6.06. The van der Waals surface area contributed by atoms with Crippen molar-refractivity contribution in [2.75, 3.05) is 11.1 Å². The third kappa shape index (κ3) is 4.90. The molecule has 28 heavy (non-hydrogen) atoms. The summed E-state index contributed by atoms with van der Waals surface area (Å²) in [6.45, 7) is 8.30. The zero-order chi connectivity index (χ0) is 20.3. The highest BCUT2D eigenvalue weighted by Gasteiger charge is 2.14. The quantitative estimate of drug-likeness (QED) is 0.589. The zero-order valence-corrected chi connectivity index (χ0v) is 18.2. The van der Waals surface area contributed by atoms with Gasteiger partial charge in [-0.3, -0.25) is 4.79 Å². The smallest absolute Gasteiger partial charge is 0.236 e. The number of aryl methyl sites for hydroxylation is 4. The van der Waals surface area contributed by atoms with E-state index in [0.29, 0.717) is 22.7 Å². The first-order chi connectivity index (χ1) is 13.3. The van der Waals surface area contributed by atoms with Gasteiger partial charge in [-0.2, -0.15) is 0 Å². The molecule has 1 N–H and O–H groups in total. The fourth-order valence-corrected chi connectivity index (χ4v) is 4.07. The van der Waals surface area contributed by atoms with E-state index in [9.17, 15) is 4.79 Å². The molecule has 0 aliphatic heterocycles. The van der Waals surface area contributed by atoms with Crippen LogP contribution in [-0.2, 0) is 18.4 Å². The Kier molecular flexibility index (Phi) is 6.35. The van der Waals surface area contributed by atoms with Gasteiger partial charge in [-0.25, -0.2) is 4.98 Å². The number of hydrogen-bond donors (Lipinski definition) is 1. The van der Waals surface area contributed by atoms with Crippen molar-refractivity contribution in [3.05, 3.63) is 45.7 Å². The van der Waals surface area contributed by atoms with Crippen molar-refractivity contribution in [3.8, 4) is 5.75 Å². The average Bonchev–Trinajstić information content (AvgIpc) is 3.14. The van der Waals surface area contributed by atoms with Gasteiger partial charge in [-0.05, 0) is 39.3 Å². The molecule has 148 valence electrons. The van der Waals surface area contributed by atoms with Crippen LogP contribution in [0.1, 0.15) is 27.5 Å². The highest BCUT2D eigenvalue weighted by atomic mass is 32.2. The fourth-order valence-electron chi connectivity index (χ4n) is 2.51. The highest BCUT2D eigenvalue weighted by Crippen LogP contribution is 2.23. The van der Waals surface area contributed by atoms with Crippen molar-refractivity contribution < 1.29 is 9.53 Å². The Hall–Kier alpha value is -2.39. The molecule has 9 heteroatoms. The number of nitrogens with zero attached hydrogens (tertiary/aromatic N) is 4. The summed E-state index contributed by atoms with van der Waals surface area (Å²) in [5.74, 6) is 1.65. The summed E-state index contributed by atoms with van der Waals surface area (Å²) in [7, 11) is 1.87. The molecule has 0 aliphatic carbocycles. The minimum Gasteiger partial charge on any atom is -0.485 e. The zero-order valence-electron chi connectivity index (χ0n) is 16.6. The topological polar surface area (TPSA) is 81.9 Å². The maximum atomic E-state index is 12.2. The van der Waals surface area contributed by atoms with Crippen molar-refractivity contribution in [2.24, 2.45) is 7.05 Å². The molecule has 2 heterocycles. The summed E-state index contributed by atoms with van der Waals surface area (Å²) in [6.07, 6.45) is 0. The van der Waals surface area contributed by atoms with Crippen molar-refractivity contribution in [2.45, 2.75) is 39.5 Å². The second-order valence-electron chi connectivity index (χ2n) is 6.51. The summed E-state index contributed by atoms with van der Waals surface area (Å²) < 4.78 is 7.72. The van der Waals surface area contributed by atoms with E-state index in [4.69, 9.17) is 4.74 Å². The maximum Gasteiger partial charge on any atom is 0.236 e. The van der Waals surface area contributed by atoms with Crippen molar-refractivity contribution in [1.29, 1.82) is 0 Å². The predicted octanol–water partition coefficient (Wildman–Crippen LogP) is 3.82. The van der Waals surface area contributed by atoms with Gasteiger partial charge in [0.15, 0.2) is 16.1 Å². The molecule has 0 aliphatic rings. The van der Waals surface area contributed by atoms with Crippen LogP contribution < -0.4 is 10.1 Å². The summed E-state index contributed by atoms with van der Waals surface area (Å²) >= 11 is 2.81. The third-order valence-electron chi connectivity index (χ3n) is 4.22. The average molecular weight is 418 g/mol. The van der Waals surface area contributed by atoms with Crippen molar-refractivity contribution >= 4 is 34.1 Å². The van der Waals surface area contributed by atoms with Crippen LogP contribution in [0.3, 0.4) is 0 Å². The van der Waals surface area contributed by atoms with Crippen LogP contribution in [0.2, 0.25) is 0 Å². The van der Waals surface area contributed by atoms with E-state index in [2.05, 4.69) is 33.5 Å². The van der Waals surface area contributed by atoms with Gasteiger partial charge in [0, 0.05) is 11.9 Å². The number of hydrogen-bond acceptors (Lipinski definition) is 7. The monoisotopic (exact) mass is 417 g/mol. The lowest BCUT2D eigenvalue weighted by molar-refractivity contribution is -0.113. The molecule has 0 fully saturated rings. The molecule has 2 aromatic heterocycles. The number of nitrogens with one attached hydrogen (secondary N) is 1. The SMILES string of the molecule is Cc1ccc(OCc2nnc(SCC(=O)Nc3nc(C)c(C)s3)n2C)c(C)c1. The van der Waals surface area contributed by atoms with Crippen LogP contribution >= 0.6 is 23.1 Å². The first-order valence-corrected chi connectivity index (χ1v) is 10.6. The molecule has 1 amide bonds. The van der Waals surface area contributed by atoms with Gasteiger partial charge >= 0.3 is 0 Å². The van der Waals surface area contributed by atoms with E-state index in [-0.39, 0.29) is 11.7 Å². The minimum absolute atomic E-state index is 0.116. The van der Waals surface area contributed by atoms with Gasteiger partial charge in [-0.1, -0.05) is 29.5 Å². The van der Waals surface area contributed by atoms with Crippen LogP contribution in [0.5, 0.6) is 5.75 Å². The van der Waals surface area contributed by atoms with E-state index < -0.39 is 0 Å². The Bertz CT molecular complexity index is 977. The first kappa shape index (κ1) is 20.3. The molecule has 0 spiro atoms. The molecule has 3 aromatic rings. The second-order valence-corrected chi connectivity index (χ2v) is 8.66. The number of aromatic nitrogens is 4. The van der Waals surface area contributed by atoms with Crippen LogP contribution in [0.15, 0.2) is 23.4 Å². The van der Waals surface area contributed by atoms with E-state index >= 15 is 0 Å². The lowest BCUT2D eigenvalue weighted by atomic mass is 10.1. The second kappa shape index (κ2) is 8.74. The maximum absolute atomic E-state index is 12.2. The van der Waals surface area contributed by atoms with Gasteiger partial charge in [0.05, 0.1) is 11.4 Å². The Labute approximate surface area is 172 Å². The lowest BCUT2D eigenvalue weighted by Gasteiger charge is -2.09. The van der Waals surface area contributed by atoms with E-state index in [1.807, 2.05) is 44.5 Å². The number of thiazole rings is 1. The normalized spacial score (nSPS) is 10.9. The number of anilines is 1. The molecule has 0 atom stereocenters. The first-order valence-electron chi connectivity index (χ1n) is 8.78. The fraction of sp³-hybridized carbons (Fsp3) is 0.368. The van der Waals surface area contributed by atoms with Gasteiger partial charge in [0.25, 0.3) is 0 Å². The van der Waals surface area contributed by atoms with Gasteiger partial charge < -0.3 is 14.6 Å². The van der Waals surface area contributed by atoms with Gasteiger partial charge in [-0.15, -0.1) is 21.5 Å². The molecule has 1 aromatic carbocycles. The molecular formula is C19H23N5O2S2. The number of carbonyl (C=O) groups excluding carboxylic acids is 1. The number of amides is 1. The Morgan fingerprint density at radius 3 is 2.71 bits per heavy atom. The van der Waals surface area contributed by atoms with Crippen LogP contribution in [0, 0.1) is 27.7 Å². The molecule has 0 unspecified atom stereocenters. The molecule has 0 saturated carbocycles. The molecule has 0 bridgehead atoms. The Morgan fingerprint density at radius 2 is 2.04 bits per heavy atom.